The largest absolute Gasteiger partial charge is 0.389 e. The summed E-state index contributed by atoms with van der Waals surface area (Å²) in [6.45, 7) is 12.4. The van der Waals surface area contributed by atoms with Crippen LogP contribution in [-0.4, -0.2) is 11.2 Å². The van der Waals surface area contributed by atoms with E-state index < -0.39 is 0 Å². The number of aliphatic hydroxyl groups excluding tert-OH is 1. The summed E-state index contributed by atoms with van der Waals surface area (Å²) in [6.07, 6.45) is 17.2. The van der Waals surface area contributed by atoms with Crippen LogP contribution in [0.5, 0.6) is 0 Å². The second-order valence-electron chi connectivity index (χ2n) is 12.1. The van der Waals surface area contributed by atoms with Crippen LogP contribution in [-0.2, 0) is 0 Å². The van der Waals surface area contributed by atoms with Crippen molar-refractivity contribution in [3.8, 4) is 0 Å². The van der Waals surface area contributed by atoms with Crippen LogP contribution in [0.1, 0.15) is 105 Å². The van der Waals surface area contributed by atoms with E-state index in [2.05, 4.69) is 40.7 Å². The van der Waals surface area contributed by atoms with Gasteiger partial charge in [0.25, 0.3) is 0 Å². The standard InChI is InChI=1S/C27H46O/c1-18(2)9-8-10-19(3)21-12-13-22-25-23(14-16-27(21,22)5)26(4)15-7-6-11-20(26)17-24(25)28/h17-19,21-25,28H,6-16H2,1-5H3/t19-,21-,22+,23+,24?,25+,26+,27-/m1/s1. The van der Waals surface area contributed by atoms with Crippen LogP contribution >= 0.6 is 0 Å². The molecule has 4 aliphatic rings. The number of fused-ring (bicyclic) bond motifs is 5. The molecule has 0 saturated heterocycles. The van der Waals surface area contributed by atoms with Crippen LogP contribution < -0.4 is 0 Å². The molecule has 0 aromatic carbocycles. The first-order chi connectivity index (χ1) is 13.3. The molecule has 0 bridgehead atoms. The fraction of sp³-hybridized carbons (Fsp3) is 0.926. The Hall–Kier alpha value is -0.300. The number of allylic oxidation sites excluding steroid dienone is 1. The fourth-order valence-electron chi connectivity index (χ4n) is 8.71. The SMILES string of the molecule is CC(C)CCC[C@@H](C)[C@H]1CC[C@H]2[C@@H]3C(O)C=C4CCCC[C@]4(C)[C@H]3CC[C@]12C. The Bertz CT molecular complexity index is 591. The first-order valence-corrected chi connectivity index (χ1v) is 12.7. The van der Waals surface area contributed by atoms with Gasteiger partial charge in [-0.05, 0) is 91.3 Å². The average molecular weight is 387 g/mol. The lowest BCUT2D eigenvalue weighted by molar-refractivity contribution is -0.0922. The van der Waals surface area contributed by atoms with Crippen molar-refractivity contribution in [1.82, 2.24) is 0 Å². The molecule has 1 unspecified atom stereocenters. The summed E-state index contributed by atoms with van der Waals surface area (Å²) in [5, 5.41) is 11.3. The van der Waals surface area contributed by atoms with Gasteiger partial charge in [-0.15, -0.1) is 0 Å². The van der Waals surface area contributed by atoms with Crippen molar-refractivity contribution >= 4 is 0 Å². The van der Waals surface area contributed by atoms with Crippen molar-refractivity contribution in [2.24, 2.45) is 46.3 Å². The molecule has 0 amide bonds. The van der Waals surface area contributed by atoms with Gasteiger partial charge in [0.15, 0.2) is 0 Å². The Balaban J connectivity index is 1.53. The summed E-state index contributed by atoms with van der Waals surface area (Å²) in [5.41, 5.74) is 2.48. The maximum Gasteiger partial charge on any atom is 0.0757 e. The minimum Gasteiger partial charge on any atom is -0.389 e. The molecule has 1 nitrogen and oxygen atoms in total. The Morgan fingerprint density at radius 3 is 2.54 bits per heavy atom. The van der Waals surface area contributed by atoms with Gasteiger partial charge in [-0.2, -0.15) is 0 Å². The smallest absolute Gasteiger partial charge is 0.0757 e. The van der Waals surface area contributed by atoms with Crippen molar-refractivity contribution in [1.29, 1.82) is 0 Å². The highest BCUT2D eigenvalue weighted by molar-refractivity contribution is 5.27. The number of hydrogen-bond acceptors (Lipinski definition) is 1. The molecule has 28 heavy (non-hydrogen) atoms. The first-order valence-electron chi connectivity index (χ1n) is 12.7. The molecule has 3 fully saturated rings. The van der Waals surface area contributed by atoms with E-state index in [9.17, 15) is 5.11 Å². The normalized spacial score (nSPS) is 46.5. The van der Waals surface area contributed by atoms with Gasteiger partial charge >= 0.3 is 0 Å². The lowest BCUT2D eigenvalue weighted by atomic mass is 9.46. The van der Waals surface area contributed by atoms with Gasteiger partial charge in [0.2, 0.25) is 0 Å². The minimum atomic E-state index is -0.175. The third-order valence-corrected chi connectivity index (χ3v) is 10.2. The van der Waals surface area contributed by atoms with Crippen molar-refractivity contribution in [3.05, 3.63) is 11.6 Å². The third kappa shape index (κ3) is 3.32. The number of rotatable bonds is 5. The van der Waals surface area contributed by atoms with Crippen molar-refractivity contribution in [2.75, 3.05) is 0 Å². The van der Waals surface area contributed by atoms with Crippen LogP contribution in [0.2, 0.25) is 0 Å². The molecule has 0 aromatic rings. The molecule has 0 radical (unpaired) electrons. The maximum atomic E-state index is 11.3. The summed E-state index contributed by atoms with van der Waals surface area (Å²) in [6, 6.07) is 0. The van der Waals surface area contributed by atoms with Gasteiger partial charge < -0.3 is 5.11 Å². The lowest BCUT2D eigenvalue weighted by Gasteiger charge is -2.59. The minimum absolute atomic E-state index is 0.175. The van der Waals surface area contributed by atoms with Crippen LogP contribution in [0, 0.1) is 46.3 Å². The molecule has 1 heteroatoms. The lowest BCUT2D eigenvalue weighted by Crippen LogP contribution is -2.54. The molecular formula is C27H46O. The molecule has 160 valence electrons. The fourth-order valence-corrected chi connectivity index (χ4v) is 8.71. The summed E-state index contributed by atoms with van der Waals surface area (Å²) in [4.78, 5) is 0. The highest BCUT2D eigenvalue weighted by Gasteiger charge is 2.60. The molecule has 0 aliphatic heterocycles. The molecule has 0 aromatic heterocycles. The molecule has 3 saturated carbocycles. The first kappa shape index (κ1) is 21.0. The second kappa shape index (κ2) is 7.75. The van der Waals surface area contributed by atoms with Crippen LogP contribution in [0.15, 0.2) is 11.6 Å². The molecule has 8 atom stereocenters. The van der Waals surface area contributed by atoms with E-state index in [0.717, 1.165) is 29.6 Å². The van der Waals surface area contributed by atoms with Gasteiger partial charge in [-0.1, -0.05) is 72.0 Å². The summed E-state index contributed by atoms with van der Waals surface area (Å²) < 4.78 is 0. The van der Waals surface area contributed by atoms with E-state index in [4.69, 9.17) is 0 Å². The van der Waals surface area contributed by atoms with Crippen molar-refractivity contribution in [3.63, 3.8) is 0 Å². The Morgan fingerprint density at radius 2 is 1.79 bits per heavy atom. The summed E-state index contributed by atoms with van der Waals surface area (Å²) in [7, 11) is 0. The van der Waals surface area contributed by atoms with E-state index in [1.54, 1.807) is 5.57 Å². The Labute approximate surface area is 174 Å². The highest BCUT2D eigenvalue weighted by atomic mass is 16.3. The van der Waals surface area contributed by atoms with E-state index in [1.165, 1.54) is 70.6 Å². The molecule has 1 N–H and O–H groups in total. The predicted octanol–water partition coefficient (Wildman–Crippen LogP) is 7.39. The average Bonchev–Trinajstić information content (AvgIpc) is 2.99. The Morgan fingerprint density at radius 1 is 1.00 bits per heavy atom. The van der Waals surface area contributed by atoms with E-state index in [-0.39, 0.29) is 6.10 Å². The van der Waals surface area contributed by atoms with Crippen LogP contribution in [0.4, 0.5) is 0 Å². The summed E-state index contributed by atoms with van der Waals surface area (Å²) >= 11 is 0. The van der Waals surface area contributed by atoms with E-state index in [1.807, 2.05) is 0 Å². The maximum absolute atomic E-state index is 11.3. The van der Waals surface area contributed by atoms with Gasteiger partial charge in [0.05, 0.1) is 6.10 Å². The zero-order valence-electron chi connectivity index (χ0n) is 19.3. The highest BCUT2D eigenvalue weighted by Crippen LogP contribution is 2.67. The summed E-state index contributed by atoms with van der Waals surface area (Å²) in [5.74, 6) is 4.57. The van der Waals surface area contributed by atoms with Crippen molar-refractivity contribution in [2.45, 2.75) is 111 Å². The molecule has 0 heterocycles. The van der Waals surface area contributed by atoms with Gasteiger partial charge in [0.1, 0.15) is 0 Å². The monoisotopic (exact) mass is 386 g/mol. The van der Waals surface area contributed by atoms with E-state index in [0.29, 0.717) is 16.7 Å². The second-order valence-corrected chi connectivity index (χ2v) is 12.1. The number of aliphatic hydroxyl groups is 1. The van der Waals surface area contributed by atoms with Gasteiger partial charge in [0, 0.05) is 0 Å². The zero-order valence-corrected chi connectivity index (χ0v) is 19.3. The molecule has 0 spiro atoms. The van der Waals surface area contributed by atoms with Crippen molar-refractivity contribution < 1.29 is 5.11 Å². The van der Waals surface area contributed by atoms with Crippen LogP contribution in [0.3, 0.4) is 0 Å². The zero-order chi connectivity index (χ0) is 20.1. The topological polar surface area (TPSA) is 20.2 Å². The van der Waals surface area contributed by atoms with Gasteiger partial charge in [-0.25, -0.2) is 0 Å². The molecule has 4 rings (SSSR count). The Kier molecular flexibility index (Phi) is 5.80. The van der Waals surface area contributed by atoms with E-state index >= 15 is 0 Å². The van der Waals surface area contributed by atoms with Crippen LogP contribution in [0.25, 0.3) is 0 Å². The molecular weight excluding hydrogens is 340 g/mol. The predicted molar refractivity (Wildman–Crippen MR) is 119 cm³/mol. The molecule has 4 aliphatic carbocycles. The van der Waals surface area contributed by atoms with Gasteiger partial charge in [-0.3, -0.25) is 0 Å². The number of hydrogen-bond donors (Lipinski definition) is 1. The quantitative estimate of drug-likeness (QED) is 0.488. The third-order valence-electron chi connectivity index (χ3n) is 10.2.